The Morgan fingerprint density at radius 3 is 2.73 bits per heavy atom. The second-order valence-corrected chi connectivity index (χ2v) is 5.66. The molecule has 2 amide bonds. The standard InChI is InChI=1S/C18H18N6O2/c1-23(12-13-7-3-2-4-8-13)16-14(11-20-22-18(19)26)17(25)24-10-6-5-9-15(24)21-16/h2-11H,12H2,1H3,(H3,19,22,26)/b20-11+. The number of nitrogens with zero attached hydrogens (tertiary/aromatic N) is 4. The van der Waals surface area contributed by atoms with Crippen LogP contribution in [0.4, 0.5) is 10.6 Å². The Morgan fingerprint density at radius 1 is 1.27 bits per heavy atom. The number of aromatic nitrogens is 2. The van der Waals surface area contributed by atoms with Gasteiger partial charge in [-0.15, -0.1) is 0 Å². The molecule has 132 valence electrons. The highest BCUT2D eigenvalue weighted by atomic mass is 16.2. The van der Waals surface area contributed by atoms with Crippen molar-refractivity contribution in [2.24, 2.45) is 10.8 Å². The zero-order valence-corrected chi connectivity index (χ0v) is 14.2. The molecule has 3 N–H and O–H groups in total. The zero-order chi connectivity index (χ0) is 18.5. The summed E-state index contributed by atoms with van der Waals surface area (Å²) in [5.41, 5.74) is 8.66. The van der Waals surface area contributed by atoms with E-state index >= 15 is 0 Å². The Kier molecular flexibility index (Phi) is 4.93. The molecule has 0 saturated carbocycles. The van der Waals surface area contributed by atoms with E-state index in [1.807, 2.05) is 48.3 Å². The third-order valence-corrected chi connectivity index (χ3v) is 3.74. The van der Waals surface area contributed by atoms with Gasteiger partial charge in [-0.1, -0.05) is 36.4 Å². The fourth-order valence-electron chi connectivity index (χ4n) is 2.59. The Labute approximate surface area is 149 Å². The Hall–Kier alpha value is -3.68. The van der Waals surface area contributed by atoms with E-state index < -0.39 is 6.03 Å². The number of carbonyl (C=O) groups excluding carboxylic acids is 1. The summed E-state index contributed by atoms with van der Waals surface area (Å²) in [7, 11) is 1.84. The van der Waals surface area contributed by atoms with E-state index in [9.17, 15) is 9.59 Å². The fraction of sp³-hybridized carbons (Fsp3) is 0.111. The van der Waals surface area contributed by atoms with E-state index in [-0.39, 0.29) is 11.1 Å². The fourth-order valence-corrected chi connectivity index (χ4v) is 2.59. The van der Waals surface area contributed by atoms with Crippen molar-refractivity contribution in [2.45, 2.75) is 6.54 Å². The van der Waals surface area contributed by atoms with Crippen LogP contribution in [0.15, 0.2) is 64.6 Å². The van der Waals surface area contributed by atoms with Crippen LogP contribution in [0.3, 0.4) is 0 Å². The summed E-state index contributed by atoms with van der Waals surface area (Å²) in [6, 6.07) is 14.3. The van der Waals surface area contributed by atoms with Gasteiger partial charge in [0.05, 0.1) is 6.21 Å². The lowest BCUT2D eigenvalue weighted by Crippen LogP contribution is -2.29. The molecule has 2 heterocycles. The summed E-state index contributed by atoms with van der Waals surface area (Å²) in [5, 5.41) is 3.73. The number of fused-ring (bicyclic) bond motifs is 1. The largest absolute Gasteiger partial charge is 0.355 e. The van der Waals surface area contributed by atoms with Crippen LogP contribution in [-0.2, 0) is 6.54 Å². The first-order chi connectivity index (χ1) is 12.6. The van der Waals surface area contributed by atoms with Crippen molar-refractivity contribution < 1.29 is 4.79 Å². The molecule has 0 saturated heterocycles. The molecule has 0 unspecified atom stereocenters. The number of urea groups is 1. The number of amides is 2. The molecule has 0 spiro atoms. The van der Waals surface area contributed by atoms with Gasteiger partial charge in [0.1, 0.15) is 17.0 Å². The number of hydrazone groups is 1. The lowest BCUT2D eigenvalue weighted by Gasteiger charge is -2.20. The summed E-state index contributed by atoms with van der Waals surface area (Å²) in [6.45, 7) is 0.556. The maximum Gasteiger partial charge on any atom is 0.332 e. The molecule has 3 aromatic rings. The van der Waals surface area contributed by atoms with E-state index in [1.54, 1.807) is 18.3 Å². The van der Waals surface area contributed by atoms with Gasteiger partial charge in [0.25, 0.3) is 5.56 Å². The smallest absolute Gasteiger partial charge is 0.332 e. The van der Waals surface area contributed by atoms with Crippen LogP contribution in [-0.4, -0.2) is 28.7 Å². The van der Waals surface area contributed by atoms with Crippen LogP contribution < -0.4 is 21.6 Å². The molecule has 0 atom stereocenters. The molecule has 0 bridgehead atoms. The second-order valence-electron chi connectivity index (χ2n) is 5.66. The average molecular weight is 350 g/mol. The second kappa shape index (κ2) is 7.47. The Balaban J connectivity index is 2.07. The minimum Gasteiger partial charge on any atom is -0.355 e. The van der Waals surface area contributed by atoms with Gasteiger partial charge in [-0.25, -0.2) is 15.2 Å². The number of hydrogen-bond acceptors (Lipinski definition) is 5. The summed E-state index contributed by atoms with van der Waals surface area (Å²) in [5.74, 6) is 0.458. The molecule has 3 rings (SSSR count). The van der Waals surface area contributed by atoms with Gasteiger partial charge in [-0.2, -0.15) is 5.10 Å². The van der Waals surface area contributed by atoms with Crippen LogP contribution in [0, 0.1) is 0 Å². The van der Waals surface area contributed by atoms with E-state index in [2.05, 4.69) is 15.5 Å². The van der Waals surface area contributed by atoms with Gasteiger partial charge in [0, 0.05) is 19.8 Å². The Morgan fingerprint density at radius 2 is 2.00 bits per heavy atom. The van der Waals surface area contributed by atoms with Crippen LogP contribution in [0.25, 0.3) is 5.65 Å². The van der Waals surface area contributed by atoms with Gasteiger partial charge in [0.15, 0.2) is 0 Å². The minimum absolute atomic E-state index is 0.251. The van der Waals surface area contributed by atoms with E-state index in [1.165, 1.54) is 10.6 Å². The van der Waals surface area contributed by atoms with E-state index in [0.29, 0.717) is 18.0 Å². The summed E-state index contributed by atoms with van der Waals surface area (Å²) in [4.78, 5) is 30.1. The molecule has 0 radical (unpaired) electrons. The zero-order valence-electron chi connectivity index (χ0n) is 14.2. The normalized spacial score (nSPS) is 11.0. The highest BCUT2D eigenvalue weighted by molar-refractivity contribution is 5.87. The number of rotatable bonds is 5. The lowest BCUT2D eigenvalue weighted by molar-refractivity contribution is 0.249. The van der Waals surface area contributed by atoms with E-state index in [4.69, 9.17) is 5.73 Å². The highest BCUT2D eigenvalue weighted by Crippen LogP contribution is 2.16. The Bertz CT molecular complexity index is 1010. The number of nitrogens with two attached hydrogens (primary N) is 1. The molecular formula is C18H18N6O2. The molecule has 8 nitrogen and oxygen atoms in total. The monoisotopic (exact) mass is 350 g/mol. The molecule has 8 heteroatoms. The number of hydrogen-bond donors (Lipinski definition) is 2. The number of primary amides is 1. The third-order valence-electron chi connectivity index (χ3n) is 3.74. The maximum absolute atomic E-state index is 12.8. The van der Waals surface area contributed by atoms with Crippen LogP contribution >= 0.6 is 0 Å². The SMILES string of the molecule is CN(Cc1ccccc1)c1nc2ccccn2c(=O)c1/C=N/NC(N)=O. The molecule has 0 aliphatic carbocycles. The quantitative estimate of drug-likeness (QED) is 0.535. The predicted octanol–water partition coefficient (Wildman–Crippen LogP) is 1.33. The van der Waals surface area contributed by atoms with Crippen molar-refractivity contribution in [3.05, 3.63) is 76.2 Å². The van der Waals surface area contributed by atoms with Crippen molar-refractivity contribution >= 4 is 23.7 Å². The van der Waals surface area contributed by atoms with Gasteiger partial charge >= 0.3 is 6.03 Å². The summed E-state index contributed by atoms with van der Waals surface area (Å²) in [6.07, 6.45) is 2.89. The van der Waals surface area contributed by atoms with Crippen molar-refractivity contribution in [1.29, 1.82) is 0 Å². The van der Waals surface area contributed by atoms with Crippen molar-refractivity contribution in [3.63, 3.8) is 0 Å². The van der Waals surface area contributed by atoms with Gasteiger partial charge < -0.3 is 10.6 Å². The molecular weight excluding hydrogens is 332 g/mol. The molecule has 26 heavy (non-hydrogen) atoms. The number of benzene rings is 1. The van der Waals surface area contributed by atoms with Gasteiger partial charge in [0.2, 0.25) is 0 Å². The number of nitrogens with one attached hydrogen (secondary N) is 1. The summed E-state index contributed by atoms with van der Waals surface area (Å²) < 4.78 is 1.42. The molecule has 0 aliphatic rings. The summed E-state index contributed by atoms with van der Waals surface area (Å²) >= 11 is 0. The number of pyridine rings is 1. The average Bonchev–Trinajstić information content (AvgIpc) is 2.64. The van der Waals surface area contributed by atoms with E-state index in [0.717, 1.165) is 5.56 Å². The van der Waals surface area contributed by atoms with Crippen molar-refractivity contribution in [3.8, 4) is 0 Å². The molecule has 2 aromatic heterocycles. The molecule has 0 fully saturated rings. The topological polar surface area (TPSA) is 105 Å². The molecule has 1 aromatic carbocycles. The number of anilines is 1. The first-order valence-corrected chi connectivity index (χ1v) is 7.91. The van der Waals surface area contributed by atoms with Gasteiger partial charge in [-0.05, 0) is 17.7 Å². The first kappa shape index (κ1) is 17.2. The van der Waals surface area contributed by atoms with Crippen LogP contribution in [0.5, 0.6) is 0 Å². The third kappa shape index (κ3) is 3.69. The van der Waals surface area contributed by atoms with Crippen LogP contribution in [0.2, 0.25) is 0 Å². The number of carbonyl (C=O) groups is 1. The lowest BCUT2D eigenvalue weighted by atomic mass is 10.2. The van der Waals surface area contributed by atoms with Crippen LogP contribution in [0.1, 0.15) is 11.1 Å². The first-order valence-electron chi connectivity index (χ1n) is 7.91. The minimum atomic E-state index is -0.811. The molecule has 0 aliphatic heterocycles. The van der Waals surface area contributed by atoms with Gasteiger partial charge in [-0.3, -0.25) is 9.20 Å². The van der Waals surface area contributed by atoms with Crippen molar-refractivity contribution in [2.75, 3.05) is 11.9 Å². The highest BCUT2D eigenvalue weighted by Gasteiger charge is 2.15. The maximum atomic E-state index is 12.8. The predicted molar refractivity (Wildman–Crippen MR) is 100 cm³/mol. The van der Waals surface area contributed by atoms with Crippen molar-refractivity contribution in [1.82, 2.24) is 14.8 Å².